The van der Waals surface area contributed by atoms with Gasteiger partial charge in [0.05, 0.1) is 5.56 Å². The Kier molecular flexibility index (Phi) is 3.28. The molecule has 0 unspecified atom stereocenters. The highest BCUT2D eigenvalue weighted by molar-refractivity contribution is 6.05. The molecule has 5 heteroatoms. The molecule has 2 heterocycles. The van der Waals surface area contributed by atoms with Gasteiger partial charge in [-0.3, -0.25) is 9.59 Å². The summed E-state index contributed by atoms with van der Waals surface area (Å²) in [5.74, 6) is -0.109. The second-order valence-corrected chi connectivity index (χ2v) is 5.25. The largest absolute Gasteiger partial charge is 0.337 e. The zero-order valence-corrected chi connectivity index (χ0v) is 11.1. The minimum atomic E-state index is -0.256. The van der Waals surface area contributed by atoms with Gasteiger partial charge in [-0.1, -0.05) is 18.2 Å². The first kappa shape index (κ1) is 12.9. The van der Waals surface area contributed by atoms with Crippen molar-refractivity contribution < 1.29 is 4.79 Å². The van der Waals surface area contributed by atoms with Crippen LogP contribution in [0.2, 0.25) is 0 Å². The van der Waals surface area contributed by atoms with E-state index in [0.29, 0.717) is 24.2 Å². The molecule has 0 spiro atoms. The van der Waals surface area contributed by atoms with Crippen molar-refractivity contribution in [2.45, 2.75) is 18.9 Å². The van der Waals surface area contributed by atoms with Crippen LogP contribution in [0.1, 0.15) is 23.2 Å². The van der Waals surface area contributed by atoms with Crippen LogP contribution in [0.3, 0.4) is 0 Å². The molecule has 0 radical (unpaired) electrons. The molecule has 5 nitrogen and oxygen atoms in total. The maximum Gasteiger partial charge on any atom is 0.254 e. The maximum absolute atomic E-state index is 12.6. The number of para-hydroxylation sites is 1. The van der Waals surface area contributed by atoms with Crippen molar-refractivity contribution in [2.24, 2.45) is 5.73 Å². The van der Waals surface area contributed by atoms with E-state index in [0.717, 1.165) is 18.2 Å². The van der Waals surface area contributed by atoms with E-state index in [4.69, 9.17) is 5.73 Å². The molecule has 1 saturated heterocycles. The molecular formula is C15H17N3O2. The molecule has 1 aromatic heterocycles. The average molecular weight is 271 g/mol. The number of benzene rings is 1. The number of carbonyl (C=O) groups excluding carboxylic acids is 1. The fraction of sp³-hybridized carbons (Fsp3) is 0.333. The zero-order chi connectivity index (χ0) is 14.1. The van der Waals surface area contributed by atoms with Crippen molar-refractivity contribution in [1.82, 2.24) is 9.88 Å². The number of H-pyrrole nitrogens is 1. The van der Waals surface area contributed by atoms with Crippen LogP contribution >= 0.6 is 0 Å². The van der Waals surface area contributed by atoms with Crippen molar-refractivity contribution >= 4 is 16.8 Å². The summed E-state index contributed by atoms with van der Waals surface area (Å²) in [4.78, 5) is 28.8. The van der Waals surface area contributed by atoms with E-state index in [1.165, 1.54) is 6.07 Å². The van der Waals surface area contributed by atoms with E-state index in [1.54, 1.807) is 11.0 Å². The molecule has 3 N–H and O–H groups in total. The predicted octanol–water partition coefficient (Wildman–Crippen LogP) is 1.09. The van der Waals surface area contributed by atoms with Crippen LogP contribution in [0.25, 0.3) is 10.9 Å². The third-order valence-corrected chi connectivity index (χ3v) is 3.73. The number of aromatic amines is 1. The van der Waals surface area contributed by atoms with Gasteiger partial charge < -0.3 is 15.6 Å². The first-order valence-electron chi connectivity index (χ1n) is 6.82. The summed E-state index contributed by atoms with van der Waals surface area (Å²) in [6, 6.07) is 8.76. The van der Waals surface area contributed by atoms with Gasteiger partial charge in [0.2, 0.25) is 5.56 Å². The summed E-state index contributed by atoms with van der Waals surface area (Å²) in [5.41, 5.74) is 6.81. The number of aromatic nitrogens is 1. The molecule has 0 aliphatic carbocycles. The van der Waals surface area contributed by atoms with Gasteiger partial charge in [-0.2, -0.15) is 0 Å². The lowest BCUT2D eigenvalue weighted by Gasteiger charge is -2.31. The number of pyridine rings is 1. The number of nitrogens with zero attached hydrogens (tertiary/aromatic N) is 1. The Bertz CT molecular complexity index is 708. The third kappa shape index (κ3) is 2.32. The normalized spacial score (nSPS) is 19.2. The molecule has 2 aromatic rings. The number of likely N-dealkylation sites (tertiary alicyclic amines) is 1. The van der Waals surface area contributed by atoms with Gasteiger partial charge in [0.1, 0.15) is 0 Å². The Morgan fingerprint density at radius 3 is 2.95 bits per heavy atom. The van der Waals surface area contributed by atoms with E-state index >= 15 is 0 Å². The summed E-state index contributed by atoms with van der Waals surface area (Å²) in [6.45, 7) is 1.26. The van der Waals surface area contributed by atoms with Crippen LogP contribution in [-0.4, -0.2) is 34.9 Å². The number of fused-ring (bicyclic) bond motifs is 1. The number of piperidine rings is 1. The Balaban J connectivity index is 2.05. The van der Waals surface area contributed by atoms with Crippen LogP contribution in [0.15, 0.2) is 35.1 Å². The molecule has 0 saturated carbocycles. The molecule has 1 amide bonds. The first-order chi connectivity index (χ1) is 9.65. The second-order valence-electron chi connectivity index (χ2n) is 5.25. The van der Waals surface area contributed by atoms with Crippen molar-refractivity contribution in [3.63, 3.8) is 0 Å². The minimum absolute atomic E-state index is 0.0287. The quantitative estimate of drug-likeness (QED) is 0.815. The summed E-state index contributed by atoms with van der Waals surface area (Å²) in [6.07, 6.45) is 1.86. The van der Waals surface area contributed by atoms with Gasteiger partial charge in [0, 0.05) is 36.1 Å². The molecule has 0 bridgehead atoms. The van der Waals surface area contributed by atoms with E-state index in [2.05, 4.69) is 4.98 Å². The van der Waals surface area contributed by atoms with Gasteiger partial charge in [-0.05, 0) is 18.9 Å². The molecular weight excluding hydrogens is 254 g/mol. The lowest BCUT2D eigenvalue weighted by Crippen LogP contribution is -2.45. The fourth-order valence-corrected chi connectivity index (χ4v) is 2.75. The Morgan fingerprint density at radius 2 is 2.15 bits per heavy atom. The molecule has 1 aromatic carbocycles. The Morgan fingerprint density at radius 1 is 1.35 bits per heavy atom. The van der Waals surface area contributed by atoms with Crippen molar-refractivity contribution in [3.8, 4) is 0 Å². The van der Waals surface area contributed by atoms with Crippen LogP contribution in [0.5, 0.6) is 0 Å². The fourth-order valence-electron chi connectivity index (χ4n) is 2.75. The predicted molar refractivity (Wildman–Crippen MR) is 77.7 cm³/mol. The highest BCUT2D eigenvalue weighted by atomic mass is 16.2. The molecule has 1 aliphatic rings. The van der Waals surface area contributed by atoms with E-state index < -0.39 is 0 Å². The van der Waals surface area contributed by atoms with Crippen LogP contribution in [0.4, 0.5) is 0 Å². The zero-order valence-electron chi connectivity index (χ0n) is 11.1. The van der Waals surface area contributed by atoms with Gasteiger partial charge in [-0.15, -0.1) is 0 Å². The van der Waals surface area contributed by atoms with E-state index in [-0.39, 0.29) is 17.5 Å². The number of rotatable bonds is 1. The molecule has 1 fully saturated rings. The average Bonchev–Trinajstić information content (AvgIpc) is 2.45. The highest BCUT2D eigenvalue weighted by Crippen LogP contribution is 2.18. The standard InChI is InChI=1S/C15H17N3O2/c16-10-4-3-7-18(9-10)15(20)12-8-14(19)17-13-6-2-1-5-11(12)13/h1-2,5-6,8,10H,3-4,7,9,16H2,(H,17,19)/t10-/m1/s1. The first-order valence-corrected chi connectivity index (χ1v) is 6.82. The van der Waals surface area contributed by atoms with Crippen molar-refractivity contribution in [3.05, 3.63) is 46.2 Å². The number of amides is 1. The summed E-state index contributed by atoms with van der Waals surface area (Å²) in [5, 5.41) is 0.774. The van der Waals surface area contributed by atoms with Crippen molar-refractivity contribution in [2.75, 3.05) is 13.1 Å². The number of nitrogens with one attached hydrogen (secondary N) is 1. The highest BCUT2D eigenvalue weighted by Gasteiger charge is 2.23. The lowest BCUT2D eigenvalue weighted by molar-refractivity contribution is 0.0710. The molecule has 3 rings (SSSR count). The SMILES string of the molecule is N[C@@H]1CCCN(C(=O)c2cc(=O)[nH]c3ccccc23)C1. The summed E-state index contributed by atoms with van der Waals surface area (Å²) >= 11 is 0. The third-order valence-electron chi connectivity index (χ3n) is 3.73. The number of hydrogen-bond acceptors (Lipinski definition) is 3. The molecule has 1 atom stereocenters. The van der Waals surface area contributed by atoms with Crippen LogP contribution in [-0.2, 0) is 0 Å². The monoisotopic (exact) mass is 271 g/mol. The second kappa shape index (κ2) is 5.09. The smallest absolute Gasteiger partial charge is 0.254 e. The van der Waals surface area contributed by atoms with Crippen molar-refractivity contribution in [1.29, 1.82) is 0 Å². The molecule has 104 valence electrons. The minimum Gasteiger partial charge on any atom is -0.337 e. The number of hydrogen-bond donors (Lipinski definition) is 2. The number of carbonyl (C=O) groups is 1. The molecule has 20 heavy (non-hydrogen) atoms. The summed E-state index contributed by atoms with van der Waals surface area (Å²) < 4.78 is 0. The summed E-state index contributed by atoms with van der Waals surface area (Å²) in [7, 11) is 0. The van der Waals surface area contributed by atoms with E-state index in [9.17, 15) is 9.59 Å². The lowest BCUT2D eigenvalue weighted by atomic mass is 10.0. The van der Waals surface area contributed by atoms with Gasteiger partial charge in [0.15, 0.2) is 0 Å². The topological polar surface area (TPSA) is 79.2 Å². The van der Waals surface area contributed by atoms with Crippen LogP contribution in [0, 0.1) is 0 Å². The van der Waals surface area contributed by atoms with Gasteiger partial charge >= 0.3 is 0 Å². The van der Waals surface area contributed by atoms with E-state index in [1.807, 2.05) is 18.2 Å². The number of nitrogens with two attached hydrogens (primary N) is 1. The maximum atomic E-state index is 12.6. The Hall–Kier alpha value is -2.14. The molecule has 1 aliphatic heterocycles. The van der Waals surface area contributed by atoms with Crippen LogP contribution < -0.4 is 11.3 Å². The van der Waals surface area contributed by atoms with Gasteiger partial charge in [0.25, 0.3) is 5.91 Å². The Labute approximate surface area is 116 Å². The van der Waals surface area contributed by atoms with Gasteiger partial charge in [-0.25, -0.2) is 0 Å².